The Balaban J connectivity index is 1.51. The molecule has 10 heteroatoms. The van der Waals surface area contributed by atoms with E-state index in [-0.39, 0.29) is 57.0 Å². The predicted octanol–water partition coefficient (Wildman–Crippen LogP) is 2.97. The van der Waals surface area contributed by atoms with E-state index in [9.17, 15) is 18.8 Å². The maximum absolute atomic E-state index is 13.6. The smallest absolute Gasteiger partial charge is 0.334 e. The first-order chi connectivity index (χ1) is 19.4. The number of ether oxygens (including phenoxy) is 1. The van der Waals surface area contributed by atoms with Crippen molar-refractivity contribution in [2.24, 2.45) is 0 Å². The fourth-order valence-electron chi connectivity index (χ4n) is 5.11. The second-order valence-corrected chi connectivity index (χ2v) is 9.92. The summed E-state index contributed by atoms with van der Waals surface area (Å²) in [6, 6.07) is 14.5. The minimum atomic E-state index is -0.706. The standard InChI is InChI=1S/C30H36FN5O4/c1-3-5-11-26-29(38)33(17-18-40-22-24-12-14-25(31)15-13-24)20-27-35(26)28(37)21-34(16-4-2)36(27)30(39)32-19-23-9-7-6-8-10-23/h2,6-10,12-15,26-27H,3,5,11,16-22H2,1H3,(H,32,39)/t26-,27-/m0/s1. The number of benzene rings is 2. The molecule has 9 nitrogen and oxygen atoms in total. The molecule has 0 bridgehead atoms. The first-order valence-corrected chi connectivity index (χ1v) is 13.6. The highest BCUT2D eigenvalue weighted by Gasteiger charge is 2.50. The van der Waals surface area contributed by atoms with Gasteiger partial charge in [0.15, 0.2) is 0 Å². The van der Waals surface area contributed by atoms with Crippen LogP contribution in [0.4, 0.5) is 9.18 Å². The maximum atomic E-state index is 13.6. The van der Waals surface area contributed by atoms with Gasteiger partial charge in [-0.1, -0.05) is 68.2 Å². The predicted molar refractivity (Wildman–Crippen MR) is 148 cm³/mol. The van der Waals surface area contributed by atoms with Crippen LogP contribution in [0.15, 0.2) is 54.6 Å². The van der Waals surface area contributed by atoms with Gasteiger partial charge in [0.2, 0.25) is 11.8 Å². The van der Waals surface area contributed by atoms with E-state index >= 15 is 0 Å². The van der Waals surface area contributed by atoms with Gasteiger partial charge in [-0.3, -0.25) is 9.59 Å². The summed E-state index contributed by atoms with van der Waals surface area (Å²) >= 11 is 0. The van der Waals surface area contributed by atoms with E-state index in [1.54, 1.807) is 26.9 Å². The Labute approximate surface area is 234 Å². The van der Waals surface area contributed by atoms with Crippen LogP contribution in [0.2, 0.25) is 0 Å². The Hall–Kier alpha value is -3.94. The summed E-state index contributed by atoms with van der Waals surface area (Å²) in [5, 5.41) is 6.02. The SMILES string of the molecule is C#CCN1CC(=O)N2[C@@H](CCCC)C(=O)N(CCOCc3ccc(F)cc3)C[C@@H]2N1C(=O)NCc1ccccc1. The highest BCUT2D eigenvalue weighted by Crippen LogP contribution is 2.28. The van der Waals surface area contributed by atoms with E-state index in [0.717, 1.165) is 24.0 Å². The summed E-state index contributed by atoms with van der Waals surface area (Å²) in [5.41, 5.74) is 1.76. The number of halogens is 1. The van der Waals surface area contributed by atoms with E-state index in [1.165, 1.54) is 17.1 Å². The Kier molecular flexibility index (Phi) is 10.1. The maximum Gasteiger partial charge on any atom is 0.334 e. The number of piperazine rings is 1. The van der Waals surface area contributed by atoms with Crippen LogP contribution in [-0.4, -0.2) is 82.7 Å². The number of fused-ring (bicyclic) bond motifs is 1. The Morgan fingerprint density at radius 2 is 1.88 bits per heavy atom. The molecule has 2 aromatic rings. The van der Waals surface area contributed by atoms with Crippen LogP contribution in [0.25, 0.3) is 0 Å². The lowest BCUT2D eigenvalue weighted by Gasteiger charge is -2.55. The molecule has 0 saturated carbocycles. The van der Waals surface area contributed by atoms with Gasteiger partial charge in [0.05, 0.1) is 32.8 Å². The first kappa shape index (κ1) is 29.1. The van der Waals surface area contributed by atoms with Gasteiger partial charge < -0.3 is 19.9 Å². The fraction of sp³-hybridized carbons (Fsp3) is 0.433. The van der Waals surface area contributed by atoms with E-state index in [0.29, 0.717) is 13.0 Å². The number of unbranched alkanes of at least 4 members (excludes halogenated alkanes) is 1. The molecular weight excluding hydrogens is 513 g/mol. The van der Waals surface area contributed by atoms with E-state index in [1.807, 2.05) is 37.3 Å². The number of carbonyl (C=O) groups is 3. The molecule has 0 aromatic heterocycles. The average molecular weight is 550 g/mol. The van der Waals surface area contributed by atoms with Crippen molar-refractivity contribution in [3.63, 3.8) is 0 Å². The topological polar surface area (TPSA) is 85.4 Å². The summed E-state index contributed by atoms with van der Waals surface area (Å²) in [4.78, 5) is 43.8. The Morgan fingerprint density at radius 3 is 2.58 bits per heavy atom. The normalized spacial score (nSPS) is 19.4. The second kappa shape index (κ2) is 13.9. The van der Waals surface area contributed by atoms with Crippen LogP contribution in [0.5, 0.6) is 0 Å². The highest BCUT2D eigenvalue weighted by atomic mass is 19.1. The summed E-state index contributed by atoms with van der Waals surface area (Å²) in [6.45, 7) is 3.27. The number of carbonyl (C=O) groups excluding carboxylic acids is 3. The quantitative estimate of drug-likeness (QED) is 0.344. The number of terminal acetylenes is 1. The third kappa shape index (κ3) is 6.97. The van der Waals surface area contributed by atoms with Gasteiger partial charge in [0.1, 0.15) is 18.0 Å². The zero-order chi connectivity index (χ0) is 28.5. The number of nitrogens with one attached hydrogen (secondary N) is 1. The minimum Gasteiger partial charge on any atom is -0.375 e. The van der Waals surface area contributed by atoms with Crippen molar-refractivity contribution in [1.82, 2.24) is 25.1 Å². The van der Waals surface area contributed by atoms with Gasteiger partial charge in [-0.25, -0.2) is 14.2 Å². The van der Waals surface area contributed by atoms with Crippen molar-refractivity contribution < 1.29 is 23.5 Å². The van der Waals surface area contributed by atoms with Crippen molar-refractivity contribution in [3.8, 4) is 12.3 Å². The van der Waals surface area contributed by atoms with Crippen LogP contribution in [0.1, 0.15) is 37.3 Å². The lowest BCUT2D eigenvalue weighted by molar-refractivity contribution is -0.189. The highest BCUT2D eigenvalue weighted by molar-refractivity contribution is 5.91. The number of hydrazine groups is 1. The van der Waals surface area contributed by atoms with E-state index in [4.69, 9.17) is 11.2 Å². The first-order valence-electron chi connectivity index (χ1n) is 13.6. The molecule has 0 spiro atoms. The molecule has 2 heterocycles. The number of hydrogen-bond donors (Lipinski definition) is 1. The Morgan fingerprint density at radius 1 is 1.12 bits per heavy atom. The molecule has 2 aromatic carbocycles. The molecule has 212 valence electrons. The van der Waals surface area contributed by atoms with Crippen molar-refractivity contribution in [3.05, 3.63) is 71.5 Å². The van der Waals surface area contributed by atoms with Crippen LogP contribution in [-0.2, 0) is 27.5 Å². The molecule has 2 atom stereocenters. The molecule has 0 radical (unpaired) electrons. The number of nitrogens with zero attached hydrogens (tertiary/aromatic N) is 4. The van der Waals surface area contributed by atoms with E-state index < -0.39 is 18.2 Å². The zero-order valence-electron chi connectivity index (χ0n) is 22.8. The van der Waals surface area contributed by atoms with Gasteiger partial charge >= 0.3 is 6.03 Å². The molecule has 0 unspecified atom stereocenters. The molecule has 40 heavy (non-hydrogen) atoms. The minimum absolute atomic E-state index is 0.0726. The van der Waals surface area contributed by atoms with E-state index in [2.05, 4.69) is 11.2 Å². The number of hydrogen-bond acceptors (Lipinski definition) is 5. The molecule has 2 aliphatic rings. The zero-order valence-corrected chi connectivity index (χ0v) is 22.8. The second-order valence-electron chi connectivity index (χ2n) is 9.92. The molecular formula is C30H36FN5O4. The molecule has 0 aliphatic carbocycles. The van der Waals surface area contributed by atoms with Crippen molar-refractivity contribution >= 4 is 17.8 Å². The molecule has 2 fully saturated rings. The summed E-state index contributed by atoms with van der Waals surface area (Å²) < 4.78 is 19.0. The fourth-order valence-corrected chi connectivity index (χ4v) is 5.11. The number of rotatable bonds is 11. The molecule has 2 aliphatic heterocycles. The van der Waals surface area contributed by atoms with Crippen molar-refractivity contribution in [2.45, 2.75) is 51.5 Å². The summed E-state index contributed by atoms with van der Waals surface area (Å²) in [5.74, 6) is 1.85. The molecule has 4 amide bonds. The molecule has 1 N–H and O–H groups in total. The van der Waals surface area contributed by atoms with Gasteiger partial charge in [-0.05, 0) is 29.7 Å². The monoisotopic (exact) mass is 549 g/mol. The van der Waals surface area contributed by atoms with Crippen LogP contribution in [0, 0.1) is 18.2 Å². The number of amides is 4. The summed E-state index contributed by atoms with van der Waals surface area (Å²) in [7, 11) is 0. The Bertz CT molecular complexity index is 1200. The van der Waals surface area contributed by atoms with Crippen LogP contribution in [0.3, 0.4) is 0 Å². The van der Waals surface area contributed by atoms with Crippen LogP contribution < -0.4 is 5.32 Å². The van der Waals surface area contributed by atoms with Gasteiger partial charge in [0.25, 0.3) is 0 Å². The number of urea groups is 1. The van der Waals surface area contributed by atoms with Gasteiger partial charge in [-0.2, -0.15) is 5.01 Å². The van der Waals surface area contributed by atoms with Crippen LogP contribution >= 0.6 is 0 Å². The largest absolute Gasteiger partial charge is 0.375 e. The average Bonchev–Trinajstić information content (AvgIpc) is 2.96. The summed E-state index contributed by atoms with van der Waals surface area (Å²) in [6.07, 6.45) is 7.02. The van der Waals surface area contributed by atoms with Gasteiger partial charge in [-0.15, -0.1) is 6.42 Å². The van der Waals surface area contributed by atoms with Crippen molar-refractivity contribution in [2.75, 3.05) is 32.8 Å². The third-order valence-corrected chi connectivity index (χ3v) is 7.12. The molecule has 2 saturated heterocycles. The molecule has 4 rings (SSSR count). The van der Waals surface area contributed by atoms with Gasteiger partial charge in [0, 0.05) is 13.1 Å². The lowest BCUT2D eigenvalue weighted by Crippen LogP contribution is -2.76. The van der Waals surface area contributed by atoms with Crippen molar-refractivity contribution in [1.29, 1.82) is 0 Å². The lowest BCUT2D eigenvalue weighted by atomic mass is 10.0. The third-order valence-electron chi connectivity index (χ3n) is 7.12.